The molecule has 0 fully saturated rings. The predicted molar refractivity (Wildman–Crippen MR) is 111 cm³/mol. The van der Waals surface area contributed by atoms with Gasteiger partial charge in [0.25, 0.3) is 5.91 Å². The van der Waals surface area contributed by atoms with Crippen molar-refractivity contribution in [2.75, 3.05) is 0 Å². The van der Waals surface area contributed by atoms with Gasteiger partial charge in [0, 0.05) is 25.4 Å². The van der Waals surface area contributed by atoms with E-state index in [1.807, 2.05) is 35.0 Å². The third-order valence-corrected chi connectivity index (χ3v) is 5.29. The summed E-state index contributed by atoms with van der Waals surface area (Å²) in [6.45, 7) is 0.878. The average molecular weight is 406 g/mol. The summed E-state index contributed by atoms with van der Waals surface area (Å²) in [5, 5.41) is 8.48. The lowest BCUT2D eigenvalue weighted by Gasteiger charge is -2.22. The van der Waals surface area contributed by atoms with Gasteiger partial charge in [0.15, 0.2) is 0 Å². The Balaban J connectivity index is 1.63. The second kappa shape index (κ2) is 8.36. The van der Waals surface area contributed by atoms with E-state index in [1.54, 1.807) is 52.4 Å². The van der Waals surface area contributed by atoms with Crippen molar-refractivity contribution < 1.29 is 9.18 Å². The lowest BCUT2D eigenvalue weighted by Crippen LogP contribution is -2.31. The molecule has 0 spiro atoms. The van der Waals surface area contributed by atoms with Crippen molar-refractivity contribution in [3.8, 4) is 11.3 Å². The zero-order chi connectivity index (χ0) is 20.2. The fourth-order valence-corrected chi connectivity index (χ4v) is 3.74. The van der Waals surface area contributed by atoms with E-state index in [9.17, 15) is 9.18 Å². The first-order valence-corrected chi connectivity index (χ1v) is 10.0. The number of aryl methyl sites for hydroxylation is 1. The van der Waals surface area contributed by atoms with Gasteiger partial charge < -0.3 is 4.90 Å². The smallest absolute Gasteiger partial charge is 0.272 e. The maximum atomic E-state index is 13.4. The topological polar surface area (TPSA) is 51.0 Å². The number of halogens is 1. The molecule has 4 aromatic rings. The number of rotatable bonds is 6. The molecule has 3 aromatic heterocycles. The molecule has 5 nitrogen and oxygen atoms in total. The van der Waals surface area contributed by atoms with Crippen LogP contribution in [0.2, 0.25) is 0 Å². The van der Waals surface area contributed by atoms with Crippen LogP contribution in [0.1, 0.15) is 21.7 Å². The highest BCUT2D eigenvalue weighted by atomic mass is 32.1. The van der Waals surface area contributed by atoms with Gasteiger partial charge in [-0.1, -0.05) is 6.07 Å². The Morgan fingerprint density at radius 1 is 1.14 bits per heavy atom. The van der Waals surface area contributed by atoms with E-state index in [1.165, 1.54) is 12.1 Å². The SMILES string of the molecule is Cn1nc(-c2ccc(F)cc2)cc1C(=O)N(Cc1ccsc1)Cc1ccccn1. The second-order valence-electron chi connectivity index (χ2n) is 6.66. The zero-order valence-corrected chi connectivity index (χ0v) is 16.6. The van der Waals surface area contributed by atoms with E-state index in [0.717, 1.165) is 16.8 Å². The molecule has 0 radical (unpaired) electrons. The molecule has 7 heteroatoms. The van der Waals surface area contributed by atoms with Gasteiger partial charge in [-0.3, -0.25) is 14.5 Å². The summed E-state index contributed by atoms with van der Waals surface area (Å²) in [5.41, 5.74) is 3.74. The van der Waals surface area contributed by atoms with Gasteiger partial charge in [-0.25, -0.2) is 4.39 Å². The summed E-state index contributed by atoms with van der Waals surface area (Å²) < 4.78 is 14.8. The summed E-state index contributed by atoms with van der Waals surface area (Å²) in [4.78, 5) is 19.5. The van der Waals surface area contributed by atoms with Gasteiger partial charge in [0.05, 0.1) is 17.9 Å². The Kier molecular flexibility index (Phi) is 5.48. The molecule has 29 heavy (non-hydrogen) atoms. The molecular weight excluding hydrogens is 387 g/mol. The Morgan fingerprint density at radius 3 is 2.66 bits per heavy atom. The number of hydrogen-bond acceptors (Lipinski definition) is 4. The molecule has 0 N–H and O–H groups in total. The van der Waals surface area contributed by atoms with Crippen LogP contribution in [0.25, 0.3) is 11.3 Å². The van der Waals surface area contributed by atoms with Gasteiger partial charge >= 0.3 is 0 Å². The first-order chi connectivity index (χ1) is 14.1. The first kappa shape index (κ1) is 19.0. The number of thiophene rings is 1. The van der Waals surface area contributed by atoms with E-state index in [2.05, 4.69) is 10.1 Å². The number of carbonyl (C=O) groups is 1. The summed E-state index contributed by atoms with van der Waals surface area (Å²) in [6.07, 6.45) is 1.72. The van der Waals surface area contributed by atoms with Gasteiger partial charge in [-0.05, 0) is 64.9 Å². The highest BCUT2D eigenvalue weighted by Gasteiger charge is 2.22. The molecule has 0 aliphatic rings. The Bertz CT molecular complexity index is 1090. The van der Waals surface area contributed by atoms with Crippen LogP contribution in [0.3, 0.4) is 0 Å². The Hall–Kier alpha value is -3.32. The molecule has 0 saturated carbocycles. The standard InChI is InChI=1S/C22H19FN4OS/c1-26-21(12-20(25-26)17-5-7-18(23)8-6-17)22(28)27(13-16-9-11-29-15-16)14-19-4-2-3-10-24-19/h2-12,15H,13-14H2,1H3. The average Bonchev–Trinajstić information content (AvgIpc) is 3.38. The maximum absolute atomic E-state index is 13.4. The van der Waals surface area contributed by atoms with E-state index >= 15 is 0 Å². The largest absolute Gasteiger partial charge is 0.327 e. The third-order valence-electron chi connectivity index (χ3n) is 4.56. The van der Waals surface area contributed by atoms with E-state index < -0.39 is 0 Å². The molecule has 0 aliphatic carbocycles. The predicted octanol–water partition coefficient (Wildman–Crippen LogP) is 4.53. The minimum atomic E-state index is -0.307. The maximum Gasteiger partial charge on any atom is 0.272 e. The van der Waals surface area contributed by atoms with Crippen LogP contribution >= 0.6 is 11.3 Å². The lowest BCUT2D eigenvalue weighted by molar-refractivity contribution is 0.0717. The number of nitrogens with zero attached hydrogens (tertiary/aromatic N) is 4. The van der Waals surface area contributed by atoms with Crippen LogP contribution in [-0.4, -0.2) is 25.6 Å². The zero-order valence-electron chi connectivity index (χ0n) is 15.8. The first-order valence-electron chi connectivity index (χ1n) is 9.10. The monoisotopic (exact) mass is 406 g/mol. The van der Waals surface area contributed by atoms with Gasteiger partial charge in [-0.15, -0.1) is 0 Å². The Labute approximate surface area is 172 Å². The number of aromatic nitrogens is 3. The quantitative estimate of drug-likeness (QED) is 0.473. The molecule has 0 aliphatic heterocycles. The van der Waals surface area contributed by atoms with Gasteiger partial charge in [0.2, 0.25) is 0 Å². The summed E-state index contributed by atoms with van der Waals surface area (Å²) in [6, 6.07) is 15.5. The Morgan fingerprint density at radius 2 is 1.97 bits per heavy atom. The van der Waals surface area contributed by atoms with Gasteiger partial charge in [-0.2, -0.15) is 16.4 Å². The molecule has 1 aromatic carbocycles. The van der Waals surface area contributed by atoms with E-state index in [0.29, 0.717) is 24.5 Å². The van der Waals surface area contributed by atoms with Crippen LogP contribution in [0.4, 0.5) is 4.39 Å². The fourth-order valence-electron chi connectivity index (χ4n) is 3.08. The number of carbonyl (C=O) groups excluding carboxylic acids is 1. The highest BCUT2D eigenvalue weighted by molar-refractivity contribution is 7.07. The highest BCUT2D eigenvalue weighted by Crippen LogP contribution is 2.21. The van der Waals surface area contributed by atoms with Crippen LogP contribution < -0.4 is 0 Å². The molecule has 146 valence electrons. The van der Waals surface area contributed by atoms with Crippen molar-refractivity contribution in [2.24, 2.45) is 7.05 Å². The van der Waals surface area contributed by atoms with Crippen molar-refractivity contribution >= 4 is 17.2 Å². The number of hydrogen-bond donors (Lipinski definition) is 0. The lowest BCUT2D eigenvalue weighted by atomic mass is 10.1. The summed E-state index contributed by atoms with van der Waals surface area (Å²) >= 11 is 1.60. The third kappa shape index (κ3) is 4.41. The summed E-state index contributed by atoms with van der Waals surface area (Å²) in [7, 11) is 1.74. The van der Waals surface area contributed by atoms with Crippen molar-refractivity contribution in [2.45, 2.75) is 13.1 Å². The molecule has 0 saturated heterocycles. The summed E-state index contributed by atoms with van der Waals surface area (Å²) in [5.74, 6) is -0.441. The molecule has 0 atom stereocenters. The number of pyridine rings is 1. The normalized spacial score (nSPS) is 10.8. The van der Waals surface area contributed by atoms with Crippen molar-refractivity contribution in [1.82, 2.24) is 19.7 Å². The van der Waals surface area contributed by atoms with Crippen molar-refractivity contribution in [3.63, 3.8) is 0 Å². The minimum absolute atomic E-state index is 0.134. The number of amides is 1. The minimum Gasteiger partial charge on any atom is -0.327 e. The van der Waals surface area contributed by atoms with E-state index in [4.69, 9.17) is 0 Å². The fraction of sp³-hybridized carbons (Fsp3) is 0.136. The van der Waals surface area contributed by atoms with Crippen molar-refractivity contribution in [3.05, 3.63) is 94.3 Å². The van der Waals surface area contributed by atoms with Crippen LogP contribution in [-0.2, 0) is 20.1 Å². The molecule has 3 heterocycles. The van der Waals surface area contributed by atoms with E-state index in [-0.39, 0.29) is 11.7 Å². The van der Waals surface area contributed by atoms with Crippen molar-refractivity contribution in [1.29, 1.82) is 0 Å². The van der Waals surface area contributed by atoms with Gasteiger partial charge in [0.1, 0.15) is 11.5 Å². The van der Waals surface area contributed by atoms with Crippen LogP contribution in [0.5, 0.6) is 0 Å². The molecular formula is C22H19FN4OS. The molecule has 4 rings (SSSR count). The molecule has 0 unspecified atom stereocenters. The number of benzene rings is 1. The van der Waals surface area contributed by atoms with Crippen LogP contribution in [0, 0.1) is 5.82 Å². The molecule has 1 amide bonds. The van der Waals surface area contributed by atoms with Crippen LogP contribution in [0.15, 0.2) is 71.6 Å². The second-order valence-corrected chi connectivity index (χ2v) is 7.44. The molecule has 0 bridgehead atoms.